The van der Waals surface area contributed by atoms with Gasteiger partial charge in [0, 0.05) is 17.0 Å². The molecule has 0 bridgehead atoms. The van der Waals surface area contributed by atoms with Crippen molar-refractivity contribution in [3.63, 3.8) is 0 Å². The summed E-state index contributed by atoms with van der Waals surface area (Å²) in [6.45, 7) is 3.60. The Morgan fingerprint density at radius 2 is 1.85 bits per heavy atom. The number of carbonyl (C=O) groups is 1. The highest BCUT2D eigenvalue weighted by atomic mass is 16.6. The fraction of sp³-hybridized carbons (Fsp3) is 0.238. The topological polar surface area (TPSA) is 75.0 Å². The maximum Gasteiger partial charge on any atom is 0.344 e. The van der Waals surface area contributed by atoms with Crippen molar-refractivity contribution >= 4 is 16.9 Å². The first-order valence-electron chi connectivity index (χ1n) is 8.53. The van der Waals surface area contributed by atoms with Gasteiger partial charge in [-0.25, -0.2) is 9.59 Å². The molecule has 0 fully saturated rings. The number of methoxy groups -OCH3 is 1. The van der Waals surface area contributed by atoms with Crippen LogP contribution in [0.2, 0.25) is 0 Å². The normalized spacial score (nSPS) is 10.6. The van der Waals surface area contributed by atoms with Gasteiger partial charge in [0.1, 0.15) is 17.1 Å². The first-order chi connectivity index (χ1) is 13.0. The maximum absolute atomic E-state index is 12.1. The summed E-state index contributed by atoms with van der Waals surface area (Å²) < 4.78 is 21.0. The number of esters is 1. The summed E-state index contributed by atoms with van der Waals surface area (Å²) in [7, 11) is 1.60. The molecule has 6 heteroatoms. The smallest absolute Gasteiger partial charge is 0.344 e. The molecule has 0 atom stereocenters. The molecule has 0 N–H and O–H groups in total. The summed E-state index contributed by atoms with van der Waals surface area (Å²) in [4.78, 5) is 23.6. The van der Waals surface area contributed by atoms with Crippen LogP contribution in [-0.4, -0.2) is 26.3 Å². The number of rotatable bonds is 6. The average molecular weight is 368 g/mol. The molecule has 140 valence electrons. The lowest BCUT2D eigenvalue weighted by Crippen LogP contribution is -2.15. The molecule has 0 aliphatic heterocycles. The van der Waals surface area contributed by atoms with Gasteiger partial charge in [-0.15, -0.1) is 0 Å². The van der Waals surface area contributed by atoms with Crippen molar-refractivity contribution in [3.8, 4) is 22.6 Å². The van der Waals surface area contributed by atoms with Crippen molar-refractivity contribution in [1.82, 2.24) is 0 Å². The molecule has 1 aromatic heterocycles. The highest BCUT2D eigenvalue weighted by molar-refractivity contribution is 5.95. The summed E-state index contributed by atoms with van der Waals surface area (Å²) in [6.07, 6.45) is 0. The molecule has 0 radical (unpaired) electrons. The summed E-state index contributed by atoms with van der Waals surface area (Å²) >= 11 is 0. The highest BCUT2D eigenvalue weighted by Crippen LogP contribution is 2.33. The SMILES string of the molecule is CCOC(=O)COc1ccc2c(-c3ccc(OC)cc3)cc(=O)oc2c1C. The minimum Gasteiger partial charge on any atom is -0.497 e. The molecule has 6 nitrogen and oxygen atoms in total. The molecule has 0 unspecified atom stereocenters. The molecule has 0 spiro atoms. The van der Waals surface area contributed by atoms with Gasteiger partial charge >= 0.3 is 11.6 Å². The predicted molar refractivity (Wildman–Crippen MR) is 101 cm³/mol. The summed E-state index contributed by atoms with van der Waals surface area (Å²) in [5.74, 6) is 0.743. The van der Waals surface area contributed by atoms with Crippen LogP contribution in [0.4, 0.5) is 0 Å². The van der Waals surface area contributed by atoms with E-state index in [0.717, 1.165) is 22.3 Å². The fourth-order valence-corrected chi connectivity index (χ4v) is 2.85. The fourth-order valence-electron chi connectivity index (χ4n) is 2.85. The molecule has 1 heterocycles. The van der Waals surface area contributed by atoms with E-state index in [9.17, 15) is 9.59 Å². The second-order valence-corrected chi connectivity index (χ2v) is 5.87. The van der Waals surface area contributed by atoms with Gasteiger partial charge in [-0.05, 0) is 49.2 Å². The third-order valence-corrected chi connectivity index (χ3v) is 4.16. The van der Waals surface area contributed by atoms with Crippen LogP contribution < -0.4 is 15.1 Å². The van der Waals surface area contributed by atoms with Gasteiger partial charge < -0.3 is 18.6 Å². The molecular formula is C21H20O6. The van der Waals surface area contributed by atoms with E-state index in [0.29, 0.717) is 23.5 Å². The van der Waals surface area contributed by atoms with E-state index in [1.165, 1.54) is 6.07 Å². The van der Waals surface area contributed by atoms with Crippen LogP contribution in [0, 0.1) is 6.92 Å². The number of fused-ring (bicyclic) bond motifs is 1. The van der Waals surface area contributed by atoms with Crippen molar-refractivity contribution in [2.24, 2.45) is 0 Å². The highest BCUT2D eigenvalue weighted by Gasteiger charge is 2.14. The predicted octanol–water partition coefficient (Wildman–Crippen LogP) is 3.72. The number of hydrogen-bond donors (Lipinski definition) is 0. The lowest BCUT2D eigenvalue weighted by Gasteiger charge is -2.12. The third kappa shape index (κ3) is 3.95. The summed E-state index contributed by atoms with van der Waals surface area (Å²) in [5, 5.41) is 0.778. The molecule has 0 amide bonds. The Morgan fingerprint density at radius 1 is 1.11 bits per heavy atom. The van der Waals surface area contributed by atoms with Crippen molar-refractivity contribution < 1.29 is 23.4 Å². The van der Waals surface area contributed by atoms with Gasteiger partial charge in [0.05, 0.1) is 13.7 Å². The molecule has 0 saturated carbocycles. The molecule has 27 heavy (non-hydrogen) atoms. The minimum atomic E-state index is -0.459. The van der Waals surface area contributed by atoms with Crippen molar-refractivity contribution in [2.75, 3.05) is 20.3 Å². The van der Waals surface area contributed by atoms with Crippen LogP contribution in [0.1, 0.15) is 12.5 Å². The van der Waals surface area contributed by atoms with Crippen LogP contribution in [0.5, 0.6) is 11.5 Å². The Bertz CT molecular complexity index is 1020. The summed E-state index contributed by atoms with van der Waals surface area (Å²) in [5.41, 5.74) is 2.23. The van der Waals surface area contributed by atoms with E-state index in [4.69, 9.17) is 18.6 Å². The van der Waals surface area contributed by atoms with E-state index in [1.807, 2.05) is 30.3 Å². The first-order valence-corrected chi connectivity index (χ1v) is 8.53. The second kappa shape index (κ2) is 7.95. The largest absolute Gasteiger partial charge is 0.497 e. The Kier molecular flexibility index (Phi) is 5.45. The molecule has 3 aromatic rings. The standard InChI is InChI=1S/C21H20O6/c1-4-25-20(23)12-26-18-10-9-16-17(11-19(22)27-21(16)13(18)2)14-5-7-15(24-3)8-6-14/h5-11H,4,12H2,1-3H3. The third-order valence-electron chi connectivity index (χ3n) is 4.16. The Morgan fingerprint density at radius 3 is 2.52 bits per heavy atom. The van der Waals surface area contributed by atoms with Gasteiger partial charge in [-0.2, -0.15) is 0 Å². The van der Waals surface area contributed by atoms with E-state index >= 15 is 0 Å². The minimum absolute atomic E-state index is 0.206. The van der Waals surface area contributed by atoms with Gasteiger partial charge in [-0.1, -0.05) is 12.1 Å². The lowest BCUT2D eigenvalue weighted by molar-refractivity contribution is -0.145. The van der Waals surface area contributed by atoms with E-state index < -0.39 is 11.6 Å². The monoisotopic (exact) mass is 368 g/mol. The van der Waals surface area contributed by atoms with Gasteiger partial charge in [-0.3, -0.25) is 0 Å². The number of aryl methyl sites for hydroxylation is 1. The van der Waals surface area contributed by atoms with Crippen LogP contribution in [0.15, 0.2) is 51.7 Å². The average Bonchev–Trinajstić information content (AvgIpc) is 2.67. The van der Waals surface area contributed by atoms with E-state index in [1.54, 1.807) is 27.0 Å². The quantitative estimate of drug-likeness (QED) is 0.488. The van der Waals surface area contributed by atoms with Gasteiger partial charge in [0.15, 0.2) is 6.61 Å². The van der Waals surface area contributed by atoms with Crippen molar-refractivity contribution in [3.05, 3.63) is 58.4 Å². The maximum atomic E-state index is 12.1. The first kappa shape index (κ1) is 18.5. The van der Waals surface area contributed by atoms with E-state index in [2.05, 4.69) is 0 Å². The zero-order valence-electron chi connectivity index (χ0n) is 15.4. The Balaban J connectivity index is 2.03. The van der Waals surface area contributed by atoms with Gasteiger partial charge in [0.2, 0.25) is 0 Å². The Labute approximate surface area is 156 Å². The van der Waals surface area contributed by atoms with Gasteiger partial charge in [0.25, 0.3) is 0 Å². The zero-order valence-corrected chi connectivity index (χ0v) is 15.4. The zero-order chi connectivity index (χ0) is 19.4. The van der Waals surface area contributed by atoms with Crippen LogP contribution >= 0.6 is 0 Å². The Hall–Kier alpha value is -3.28. The van der Waals surface area contributed by atoms with Crippen molar-refractivity contribution in [2.45, 2.75) is 13.8 Å². The lowest BCUT2D eigenvalue weighted by atomic mass is 10.00. The number of carbonyl (C=O) groups excluding carboxylic acids is 1. The van der Waals surface area contributed by atoms with Crippen LogP contribution in [-0.2, 0) is 9.53 Å². The molecule has 3 rings (SSSR count). The number of ether oxygens (including phenoxy) is 3. The van der Waals surface area contributed by atoms with Crippen molar-refractivity contribution in [1.29, 1.82) is 0 Å². The molecule has 0 saturated heterocycles. The number of hydrogen-bond acceptors (Lipinski definition) is 6. The van der Waals surface area contributed by atoms with E-state index in [-0.39, 0.29) is 6.61 Å². The second-order valence-electron chi connectivity index (χ2n) is 5.87. The molecule has 0 aliphatic rings. The molecular weight excluding hydrogens is 348 g/mol. The summed E-state index contributed by atoms with van der Waals surface area (Å²) in [6, 6.07) is 12.5. The van der Waals surface area contributed by atoms with Crippen LogP contribution in [0.25, 0.3) is 22.1 Å². The number of benzene rings is 2. The molecule has 2 aromatic carbocycles. The van der Waals surface area contributed by atoms with Crippen LogP contribution in [0.3, 0.4) is 0 Å². The molecule has 0 aliphatic carbocycles.